The molecule has 5 rings (SSSR count). The van der Waals surface area contributed by atoms with Crippen LogP contribution in [-0.2, 0) is 14.2 Å². The highest BCUT2D eigenvalue weighted by Gasteiger charge is 2.46. The second kappa shape index (κ2) is 12.1. The van der Waals surface area contributed by atoms with E-state index in [0.717, 1.165) is 0 Å². The quantitative estimate of drug-likeness (QED) is 0.189. The Morgan fingerprint density at radius 3 is 2.22 bits per heavy atom. The molecule has 41 heavy (non-hydrogen) atoms. The third kappa shape index (κ3) is 5.89. The lowest BCUT2D eigenvalue weighted by Crippen LogP contribution is -2.61. The fourth-order valence-corrected chi connectivity index (χ4v) is 4.82. The fraction of sp³-hybridized carbons (Fsp3) is 0.519. The zero-order chi connectivity index (χ0) is 29.4. The minimum Gasteiger partial charge on any atom is -0.497 e. The number of Topliss-reactive ketones (excluding diaryl/α,β-unsaturated/α-hetero) is 1. The number of hydrogen-bond acceptors (Lipinski definition) is 14. The zero-order valence-corrected chi connectivity index (χ0v) is 21.8. The zero-order valence-electron chi connectivity index (χ0n) is 21.8. The topological polar surface area (TPSA) is 214 Å². The van der Waals surface area contributed by atoms with Crippen molar-refractivity contribution >= 4 is 5.78 Å². The highest BCUT2D eigenvalue weighted by atomic mass is 16.7. The van der Waals surface area contributed by atoms with Crippen LogP contribution in [0.15, 0.2) is 42.5 Å². The van der Waals surface area contributed by atoms with Crippen molar-refractivity contribution in [2.45, 2.75) is 67.5 Å². The molecule has 2 fully saturated rings. The maximum Gasteiger partial charge on any atom is 0.229 e. The molecule has 0 bridgehead atoms. The molecule has 0 radical (unpaired) electrons. The monoisotopic (exact) mass is 580 g/mol. The molecule has 3 aliphatic rings. The van der Waals surface area contributed by atoms with E-state index in [1.165, 1.54) is 25.3 Å². The molecule has 3 aliphatic heterocycles. The Morgan fingerprint density at radius 1 is 0.829 bits per heavy atom. The van der Waals surface area contributed by atoms with E-state index in [2.05, 4.69) is 0 Å². The predicted octanol–water partition coefficient (Wildman–Crippen LogP) is -1.99. The minimum absolute atomic E-state index is 0.0804. The highest BCUT2D eigenvalue weighted by Crippen LogP contribution is 2.38. The van der Waals surface area contributed by atoms with Gasteiger partial charge in [-0.25, -0.2) is 0 Å². The summed E-state index contributed by atoms with van der Waals surface area (Å²) in [5.74, 6) is 0.209. The van der Waals surface area contributed by atoms with E-state index in [-0.39, 0.29) is 23.7 Å². The van der Waals surface area contributed by atoms with Gasteiger partial charge in [-0.05, 0) is 29.8 Å². The average molecular weight is 581 g/mol. The molecular weight excluding hydrogens is 548 g/mol. The Hall–Kier alpha value is -2.89. The lowest BCUT2D eigenvalue weighted by atomic mass is 9.93. The number of fused-ring (bicyclic) bond motifs is 1. The van der Waals surface area contributed by atoms with Crippen LogP contribution >= 0.6 is 0 Å². The van der Waals surface area contributed by atoms with Crippen molar-refractivity contribution < 1.29 is 69.0 Å². The van der Waals surface area contributed by atoms with Crippen LogP contribution in [0.4, 0.5) is 0 Å². The standard InChI is InChI=1S/C27H32O14/c1-36-12-4-2-11(3-5-12)25-22(33)18(29)14-7-6-13(8-16(14)40-25)39-27-24(35)21(32)20(31)17(41-27)10-38-26-23(34)19(30)15(28)9-37-26/h2-8,15,17,19-28,30-35H,9-10H2,1H3/t15-,17-,19-,20-,21+,22-,23-,24+,25-,26-,27-/m1/s1. The summed E-state index contributed by atoms with van der Waals surface area (Å²) in [6.45, 7) is -0.748. The number of ether oxygens (including phenoxy) is 6. The van der Waals surface area contributed by atoms with Crippen molar-refractivity contribution in [1.82, 2.24) is 0 Å². The van der Waals surface area contributed by atoms with Crippen LogP contribution in [0.5, 0.6) is 17.2 Å². The Morgan fingerprint density at radius 2 is 1.51 bits per heavy atom. The van der Waals surface area contributed by atoms with E-state index < -0.39 is 79.9 Å². The SMILES string of the molecule is COc1ccc([C@H]2Oc3cc(O[C@@H]4O[C@H](CO[C@H]5OC[C@@H](O)[C@@H](O)[C@H]5O)[C@@H](O)[C@H](O)[C@@H]4O)ccc3C(=O)[C@H]2O)cc1. The van der Waals surface area contributed by atoms with E-state index in [9.17, 15) is 40.5 Å². The van der Waals surface area contributed by atoms with Crippen LogP contribution in [0, 0.1) is 0 Å². The molecule has 2 aromatic rings. The molecule has 0 amide bonds. The van der Waals surface area contributed by atoms with Crippen LogP contribution in [0.2, 0.25) is 0 Å². The van der Waals surface area contributed by atoms with Gasteiger partial charge in [0.05, 0.1) is 25.9 Å². The highest BCUT2D eigenvalue weighted by molar-refractivity contribution is 6.03. The summed E-state index contributed by atoms with van der Waals surface area (Å²) in [5.41, 5.74) is 0.642. The molecule has 0 unspecified atom stereocenters. The predicted molar refractivity (Wildman–Crippen MR) is 134 cm³/mol. The van der Waals surface area contributed by atoms with Gasteiger partial charge < -0.3 is 64.2 Å². The molecule has 0 aromatic heterocycles. The van der Waals surface area contributed by atoms with Gasteiger partial charge in [0.25, 0.3) is 0 Å². The normalized spacial score (nSPS) is 37.2. The molecule has 14 nitrogen and oxygen atoms in total. The molecule has 0 spiro atoms. The van der Waals surface area contributed by atoms with Crippen molar-refractivity contribution in [3.05, 3.63) is 53.6 Å². The Labute approximate surface area is 233 Å². The smallest absolute Gasteiger partial charge is 0.229 e. The summed E-state index contributed by atoms with van der Waals surface area (Å²) in [5, 5.41) is 71.4. The molecule has 2 saturated heterocycles. The number of aliphatic hydroxyl groups is 7. The lowest BCUT2D eigenvalue weighted by molar-refractivity contribution is -0.307. The van der Waals surface area contributed by atoms with E-state index in [1.807, 2.05) is 0 Å². The number of aliphatic hydroxyl groups excluding tert-OH is 7. The number of hydrogen-bond donors (Lipinski definition) is 7. The summed E-state index contributed by atoms with van der Waals surface area (Å²) in [4.78, 5) is 12.9. The molecule has 11 atom stereocenters. The van der Waals surface area contributed by atoms with Gasteiger partial charge in [0, 0.05) is 6.07 Å². The van der Waals surface area contributed by atoms with Crippen molar-refractivity contribution in [3.8, 4) is 17.2 Å². The van der Waals surface area contributed by atoms with Crippen LogP contribution < -0.4 is 14.2 Å². The van der Waals surface area contributed by atoms with Gasteiger partial charge in [-0.15, -0.1) is 0 Å². The van der Waals surface area contributed by atoms with E-state index in [4.69, 9.17) is 28.4 Å². The summed E-state index contributed by atoms with van der Waals surface area (Å²) >= 11 is 0. The van der Waals surface area contributed by atoms with Crippen LogP contribution in [0.3, 0.4) is 0 Å². The van der Waals surface area contributed by atoms with Gasteiger partial charge in [0.15, 0.2) is 24.3 Å². The van der Waals surface area contributed by atoms with Crippen LogP contribution in [-0.4, -0.2) is 123 Å². The number of benzene rings is 2. The maximum absolute atomic E-state index is 12.9. The molecule has 224 valence electrons. The number of carbonyl (C=O) groups is 1. The molecule has 0 saturated carbocycles. The number of carbonyl (C=O) groups excluding carboxylic acids is 1. The molecule has 2 aromatic carbocycles. The van der Waals surface area contributed by atoms with Crippen molar-refractivity contribution in [1.29, 1.82) is 0 Å². The van der Waals surface area contributed by atoms with Gasteiger partial charge in [0.2, 0.25) is 6.29 Å². The average Bonchev–Trinajstić information content (AvgIpc) is 2.98. The minimum atomic E-state index is -1.71. The molecular formula is C27H32O14. The Kier molecular flexibility index (Phi) is 8.77. The molecule has 3 heterocycles. The maximum atomic E-state index is 12.9. The van der Waals surface area contributed by atoms with Crippen LogP contribution in [0.25, 0.3) is 0 Å². The first kappa shape index (κ1) is 29.6. The Balaban J connectivity index is 1.28. The number of ketones is 1. The largest absolute Gasteiger partial charge is 0.497 e. The van der Waals surface area contributed by atoms with E-state index in [1.54, 1.807) is 24.3 Å². The number of methoxy groups -OCH3 is 1. The first-order valence-corrected chi connectivity index (χ1v) is 12.9. The van der Waals surface area contributed by atoms with Gasteiger partial charge in [0.1, 0.15) is 60.0 Å². The Bertz CT molecular complexity index is 1210. The van der Waals surface area contributed by atoms with Gasteiger partial charge in [-0.1, -0.05) is 12.1 Å². The van der Waals surface area contributed by atoms with E-state index in [0.29, 0.717) is 11.3 Å². The second-order valence-electron chi connectivity index (χ2n) is 9.99. The van der Waals surface area contributed by atoms with Crippen molar-refractivity contribution in [2.75, 3.05) is 20.3 Å². The van der Waals surface area contributed by atoms with Gasteiger partial charge in [-0.3, -0.25) is 4.79 Å². The lowest BCUT2D eigenvalue weighted by Gasteiger charge is -2.41. The number of rotatable bonds is 7. The summed E-state index contributed by atoms with van der Waals surface area (Å²) < 4.78 is 33.0. The summed E-state index contributed by atoms with van der Waals surface area (Å²) in [6, 6.07) is 10.8. The first-order valence-electron chi connectivity index (χ1n) is 12.9. The molecule has 14 heteroatoms. The third-order valence-corrected chi connectivity index (χ3v) is 7.27. The van der Waals surface area contributed by atoms with Crippen molar-refractivity contribution in [2.24, 2.45) is 0 Å². The fourth-order valence-electron chi connectivity index (χ4n) is 4.82. The van der Waals surface area contributed by atoms with Gasteiger partial charge in [-0.2, -0.15) is 0 Å². The molecule has 0 aliphatic carbocycles. The summed E-state index contributed by atoms with van der Waals surface area (Å²) in [7, 11) is 1.51. The second-order valence-corrected chi connectivity index (χ2v) is 9.99. The van der Waals surface area contributed by atoms with Gasteiger partial charge >= 0.3 is 0 Å². The van der Waals surface area contributed by atoms with Crippen LogP contribution in [0.1, 0.15) is 22.0 Å². The first-order chi connectivity index (χ1) is 19.6. The summed E-state index contributed by atoms with van der Waals surface area (Å²) in [6.07, 6.45) is -16.0. The third-order valence-electron chi connectivity index (χ3n) is 7.27. The van der Waals surface area contributed by atoms with Crippen molar-refractivity contribution in [3.63, 3.8) is 0 Å². The molecule has 7 N–H and O–H groups in total. The van der Waals surface area contributed by atoms with E-state index >= 15 is 0 Å².